The van der Waals surface area contributed by atoms with Crippen LogP contribution in [0.15, 0.2) is 47.4 Å². The van der Waals surface area contributed by atoms with Crippen LogP contribution in [0.1, 0.15) is 36.6 Å². The first-order chi connectivity index (χ1) is 11.0. The molecule has 1 aliphatic heterocycles. The Morgan fingerprint density at radius 2 is 1.65 bits per heavy atom. The van der Waals surface area contributed by atoms with E-state index in [1.54, 1.807) is 31.2 Å². The summed E-state index contributed by atoms with van der Waals surface area (Å²) in [6, 6.07) is 11.7. The molecule has 0 bridgehead atoms. The van der Waals surface area contributed by atoms with Crippen LogP contribution >= 0.6 is 11.8 Å². The van der Waals surface area contributed by atoms with E-state index in [0.717, 1.165) is 4.90 Å². The highest BCUT2D eigenvalue weighted by atomic mass is 32.2. The first-order valence-corrected chi connectivity index (χ1v) is 8.10. The Morgan fingerprint density at radius 3 is 2.22 bits per heavy atom. The number of hydroxylamine groups is 2. The van der Waals surface area contributed by atoms with Crippen molar-refractivity contribution in [3.63, 3.8) is 0 Å². The summed E-state index contributed by atoms with van der Waals surface area (Å²) >= 11 is 1.49. The lowest BCUT2D eigenvalue weighted by Gasteiger charge is -2.14. The van der Waals surface area contributed by atoms with Gasteiger partial charge in [0, 0.05) is 4.90 Å². The molecular weight excluding hydrogens is 314 g/mol. The van der Waals surface area contributed by atoms with E-state index >= 15 is 0 Å². The van der Waals surface area contributed by atoms with Crippen molar-refractivity contribution in [2.45, 2.75) is 11.8 Å². The summed E-state index contributed by atoms with van der Waals surface area (Å²) in [7, 11) is 0. The third kappa shape index (κ3) is 2.61. The lowest BCUT2D eigenvalue weighted by atomic mass is 10.1. The number of aryl methyl sites for hydroxylation is 1. The molecule has 0 aliphatic carbocycles. The van der Waals surface area contributed by atoms with Gasteiger partial charge in [-0.05, 0) is 43.0 Å². The Balaban J connectivity index is 1.88. The highest BCUT2D eigenvalue weighted by molar-refractivity contribution is 7.98. The largest absolute Gasteiger partial charge is 0.364 e. The van der Waals surface area contributed by atoms with Crippen molar-refractivity contribution in [1.82, 2.24) is 5.06 Å². The zero-order chi connectivity index (χ0) is 16.6. The third-order valence-electron chi connectivity index (χ3n) is 3.60. The fourth-order valence-corrected chi connectivity index (χ4v) is 2.77. The van der Waals surface area contributed by atoms with Gasteiger partial charge in [0.1, 0.15) is 0 Å². The topological polar surface area (TPSA) is 63.7 Å². The van der Waals surface area contributed by atoms with Crippen LogP contribution in [0.2, 0.25) is 0 Å². The SMILES string of the molecule is CSc1ccc(C)c(C(=O)ON2C(=O)c3ccccc3C2=O)c1. The molecule has 2 aromatic rings. The van der Waals surface area contributed by atoms with Crippen LogP contribution in [0.4, 0.5) is 0 Å². The van der Waals surface area contributed by atoms with Crippen molar-refractivity contribution < 1.29 is 19.2 Å². The second-order valence-electron chi connectivity index (χ2n) is 5.01. The van der Waals surface area contributed by atoms with Gasteiger partial charge in [0.15, 0.2) is 0 Å². The zero-order valence-electron chi connectivity index (χ0n) is 12.5. The molecule has 0 radical (unpaired) electrons. The quantitative estimate of drug-likeness (QED) is 0.640. The maximum atomic E-state index is 12.4. The first kappa shape index (κ1) is 15.3. The number of rotatable bonds is 3. The lowest BCUT2D eigenvalue weighted by Crippen LogP contribution is -2.32. The van der Waals surface area contributed by atoms with Gasteiger partial charge in [-0.15, -0.1) is 11.8 Å². The molecular formula is C17H13NO4S. The minimum Gasteiger partial charge on any atom is -0.324 e. The van der Waals surface area contributed by atoms with E-state index in [2.05, 4.69) is 0 Å². The molecule has 23 heavy (non-hydrogen) atoms. The molecule has 6 heteroatoms. The Kier molecular flexibility index (Phi) is 3.92. The number of imide groups is 1. The summed E-state index contributed by atoms with van der Waals surface area (Å²) in [6.07, 6.45) is 1.89. The maximum absolute atomic E-state index is 12.4. The highest BCUT2D eigenvalue weighted by Crippen LogP contribution is 2.25. The summed E-state index contributed by atoms with van der Waals surface area (Å²) in [4.78, 5) is 42.7. The fourth-order valence-electron chi connectivity index (χ4n) is 2.33. The molecule has 3 rings (SSSR count). The third-order valence-corrected chi connectivity index (χ3v) is 4.32. The molecule has 1 heterocycles. The highest BCUT2D eigenvalue weighted by Gasteiger charge is 2.38. The minimum absolute atomic E-state index is 0.236. The summed E-state index contributed by atoms with van der Waals surface area (Å²) in [6.45, 7) is 1.77. The van der Waals surface area contributed by atoms with Crippen molar-refractivity contribution >= 4 is 29.5 Å². The van der Waals surface area contributed by atoms with Gasteiger partial charge in [0.2, 0.25) is 0 Å². The number of carbonyl (C=O) groups is 3. The molecule has 2 aromatic carbocycles. The van der Waals surface area contributed by atoms with Crippen molar-refractivity contribution in [3.8, 4) is 0 Å². The van der Waals surface area contributed by atoms with Gasteiger partial charge in [0.25, 0.3) is 11.8 Å². The van der Waals surface area contributed by atoms with Gasteiger partial charge >= 0.3 is 5.97 Å². The van der Waals surface area contributed by atoms with Crippen molar-refractivity contribution in [3.05, 3.63) is 64.7 Å². The Hall–Kier alpha value is -2.60. The van der Waals surface area contributed by atoms with Gasteiger partial charge < -0.3 is 4.84 Å². The molecule has 0 fully saturated rings. The van der Waals surface area contributed by atoms with E-state index in [4.69, 9.17) is 4.84 Å². The van der Waals surface area contributed by atoms with Crippen LogP contribution in [-0.4, -0.2) is 29.1 Å². The van der Waals surface area contributed by atoms with Crippen molar-refractivity contribution in [1.29, 1.82) is 0 Å². The summed E-state index contributed by atoms with van der Waals surface area (Å²) < 4.78 is 0. The second-order valence-corrected chi connectivity index (χ2v) is 5.89. The van der Waals surface area contributed by atoms with E-state index in [9.17, 15) is 14.4 Å². The second kappa shape index (κ2) is 5.89. The van der Waals surface area contributed by atoms with E-state index in [-0.39, 0.29) is 11.1 Å². The maximum Gasteiger partial charge on any atom is 0.364 e. The van der Waals surface area contributed by atoms with Crippen LogP contribution in [0, 0.1) is 6.92 Å². The molecule has 0 saturated carbocycles. The number of carbonyl (C=O) groups excluding carboxylic acids is 3. The number of hydrogen-bond acceptors (Lipinski definition) is 5. The molecule has 0 N–H and O–H groups in total. The normalized spacial score (nSPS) is 13.2. The van der Waals surface area contributed by atoms with Gasteiger partial charge in [-0.1, -0.05) is 23.3 Å². The monoisotopic (exact) mass is 327 g/mol. The van der Waals surface area contributed by atoms with Gasteiger partial charge in [-0.3, -0.25) is 9.59 Å². The Labute approximate surface area is 137 Å². The molecule has 0 spiro atoms. The number of hydrogen-bond donors (Lipinski definition) is 0. The van der Waals surface area contributed by atoms with Gasteiger partial charge in [0.05, 0.1) is 16.7 Å². The van der Waals surface area contributed by atoms with Crippen LogP contribution in [-0.2, 0) is 4.84 Å². The van der Waals surface area contributed by atoms with Gasteiger partial charge in [-0.2, -0.15) is 0 Å². The number of nitrogens with zero attached hydrogens (tertiary/aromatic N) is 1. The Morgan fingerprint density at radius 1 is 1.04 bits per heavy atom. The molecule has 0 atom stereocenters. The molecule has 2 amide bonds. The molecule has 5 nitrogen and oxygen atoms in total. The van der Waals surface area contributed by atoms with E-state index in [1.807, 2.05) is 12.3 Å². The number of thioether (sulfide) groups is 1. The first-order valence-electron chi connectivity index (χ1n) is 6.87. The van der Waals surface area contributed by atoms with Crippen LogP contribution < -0.4 is 0 Å². The van der Waals surface area contributed by atoms with Crippen LogP contribution in [0.5, 0.6) is 0 Å². The standard InChI is InChI=1S/C17H13NO4S/c1-10-7-8-11(23-2)9-14(10)17(21)22-18-15(19)12-5-3-4-6-13(12)16(18)20/h3-9H,1-2H3. The fraction of sp³-hybridized carbons (Fsp3) is 0.118. The van der Waals surface area contributed by atoms with E-state index < -0.39 is 17.8 Å². The zero-order valence-corrected chi connectivity index (χ0v) is 13.3. The van der Waals surface area contributed by atoms with E-state index in [0.29, 0.717) is 16.2 Å². The van der Waals surface area contributed by atoms with Crippen molar-refractivity contribution in [2.75, 3.05) is 6.26 Å². The molecule has 0 aromatic heterocycles. The molecule has 116 valence electrons. The predicted molar refractivity (Wildman–Crippen MR) is 85.3 cm³/mol. The average Bonchev–Trinajstić information content (AvgIpc) is 2.80. The van der Waals surface area contributed by atoms with Crippen LogP contribution in [0.3, 0.4) is 0 Å². The summed E-state index contributed by atoms with van der Waals surface area (Å²) in [5.41, 5.74) is 1.51. The predicted octanol–water partition coefficient (Wildman–Crippen LogP) is 3.08. The average molecular weight is 327 g/mol. The molecule has 0 saturated heterocycles. The van der Waals surface area contributed by atoms with E-state index in [1.165, 1.54) is 23.9 Å². The van der Waals surface area contributed by atoms with Crippen LogP contribution in [0.25, 0.3) is 0 Å². The molecule has 0 unspecified atom stereocenters. The summed E-state index contributed by atoms with van der Waals surface area (Å²) in [5.74, 6) is -1.98. The molecule has 1 aliphatic rings. The smallest absolute Gasteiger partial charge is 0.324 e. The lowest BCUT2D eigenvalue weighted by molar-refractivity contribution is -0.0585. The van der Waals surface area contributed by atoms with Gasteiger partial charge in [-0.25, -0.2) is 4.79 Å². The van der Waals surface area contributed by atoms with Crippen molar-refractivity contribution in [2.24, 2.45) is 0 Å². The number of fused-ring (bicyclic) bond motifs is 1. The summed E-state index contributed by atoms with van der Waals surface area (Å²) in [5, 5.41) is 0.526. The number of benzene rings is 2. The minimum atomic E-state index is -0.729. The number of amides is 2. The Bertz CT molecular complexity index is 796.